The van der Waals surface area contributed by atoms with E-state index >= 15 is 0 Å². The van der Waals surface area contributed by atoms with Crippen molar-refractivity contribution in [2.24, 2.45) is 5.73 Å². The van der Waals surface area contributed by atoms with E-state index in [0.29, 0.717) is 20.9 Å². The number of nitrogens with zero attached hydrogens (tertiary/aromatic N) is 1. The Morgan fingerprint density at radius 3 is 1.86 bits per heavy atom. The maximum Gasteiger partial charge on any atom is 0.119 e. The first-order chi connectivity index (χ1) is 16.6. The van der Waals surface area contributed by atoms with Crippen molar-refractivity contribution in [3.63, 3.8) is 0 Å². The average Bonchev–Trinajstić information content (AvgIpc) is 2.88. The highest BCUT2D eigenvalue weighted by atomic mass is 127. The van der Waals surface area contributed by atoms with Crippen molar-refractivity contribution in [2.75, 3.05) is 39.3 Å². The second-order valence-electron chi connectivity index (χ2n) is 8.57. The van der Waals surface area contributed by atoms with Gasteiger partial charge in [0.1, 0.15) is 40.6 Å². The standard InChI is InChI=1S/C25H35ClIN3O5/c1-25(2,17-4-8-21(9-5-17)34-15-19(32)12-26)18-6-10-22(11-7-18)35-16-20(33)13-30(29-3)24(27)23(28)14-31/h4-11,19-20,29,31-33H,12-16,28H2,1-3H3/b24-23-/t19-,20+/m1/s1. The predicted octanol–water partition coefficient (Wildman–Crippen LogP) is 2.72. The van der Waals surface area contributed by atoms with Crippen LogP contribution in [0.1, 0.15) is 25.0 Å². The molecular formula is C25H35ClIN3O5. The van der Waals surface area contributed by atoms with Gasteiger partial charge >= 0.3 is 0 Å². The molecule has 0 unspecified atom stereocenters. The van der Waals surface area contributed by atoms with Crippen molar-refractivity contribution in [1.29, 1.82) is 0 Å². The van der Waals surface area contributed by atoms with Crippen molar-refractivity contribution >= 4 is 34.2 Å². The number of rotatable bonds is 14. The summed E-state index contributed by atoms with van der Waals surface area (Å²) in [5.74, 6) is 1.47. The number of hydrazine groups is 1. The molecule has 0 saturated heterocycles. The second kappa shape index (κ2) is 14.1. The summed E-state index contributed by atoms with van der Waals surface area (Å²) in [6.45, 7) is 4.51. The zero-order valence-electron chi connectivity index (χ0n) is 20.2. The fraction of sp³-hybridized carbons (Fsp3) is 0.440. The van der Waals surface area contributed by atoms with Crippen LogP contribution in [0.25, 0.3) is 0 Å². The lowest BCUT2D eigenvalue weighted by atomic mass is 9.78. The van der Waals surface area contributed by atoms with Gasteiger partial charge in [-0.25, -0.2) is 5.43 Å². The molecule has 0 saturated carbocycles. The van der Waals surface area contributed by atoms with Gasteiger partial charge in [-0.15, -0.1) is 11.6 Å². The largest absolute Gasteiger partial charge is 0.491 e. The molecule has 0 bridgehead atoms. The predicted molar refractivity (Wildman–Crippen MR) is 147 cm³/mol. The van der Waals surface area contributed by atoms with Crippen molar-refractivity contribution in [2.45, 2.75) is 31.5 Å². The Kier molecular flexibility index (Phi) is 11.9. The molecule has 0 aromatic heterocycles. The van der Waals surface area contributed by atoms with Gasteiger partial charge in [-0.05, 0) is 58.0 Å². The number of benzene rings is 2. The Labute approximate surface area is 225 Å². The first kappa shape index (κ1) is 29.5. The van der Waals surface area contributed by atoms with Crippen molar-refractivity contribution < 1.29 is 24.8 Å². The van der Waals surface area contributed by atoms with Crippen LogP contribution in [0.3, 0.4) is 0 Å². The zero-order valence-corrected chi connectivity index (χ0v) is 23.2. The minimum absolute atomic E-state index is 0.101. The molecule has 8 nitrogen and oxygen atoms in total. The summed E-state index contributed by atoms with van der Waals surface area (Å²) in [4.78, 5) is 0. The Balaban J connectivity index is 1.96. The minimum Gasteiger partial charge on any atom is -0.491 e. The molecule has 6 N–H and O–H groups in total. The number of hydrogen-bond donors (Lipinski definition) is 5. The molecule has 0 aliphatic heterocycles. The van der Waals surface area contributed by atoms with Gasteiger partial charge in [0.15, 0.2) is 0 Å². The average molecular weight is 620 g/mol. The number of ether oxygens (including phenoxy) is 2. The van der Waals surface area contributed by atoms with Gasteiger partial charge in [-0.3, -0.25) is 5.01 Å². The summed E-state index contributed by atoms with van der Waals surface area (Å²) in [5, 5.41) is 30.8. The van der Waals surface area contributed by atoms with E-state index in [1.807, 2.05) is 71.1 Å². The lowest BCUT2D eigenvalue weighted by Gasteiger charge is -2.27. The number of nitrogens with one attached hydrogen (secondary N) is 1. The molecule has 0 fully saturated rings. The smallest absolute Gasteiger partial charge is 0.119 e. The number of aliphatic hydroxyl groups is 3. The van der Waals surface area contributed by atoms with Crippen LogP contribution < -0.4 is 20.6 Å². The summed E-state index contributed by atoms with van der Waals surface area (Å²) in [7, 11) is 1.71. The minimum atomic E-state index is -0.777. The van der Waals surface area contributed by atoms with Gasteiger partial charge in [0.05, 0.1) is 24.7 Å². The molecule has 2 aromatic carbocycles. The Bertz CT molecular complexity index is 941. The molecule has 35 heavy (non-hydrogen) atoms. The third kappa shape index (κ3) is 8.69. The quantitative estimate of drug-likeness (QED) is 0.0948. The summed E-state index contributed by atoms with van der Waals surface area (Å²) in [6, 6.07) is 15.6. The molecule has 0 amide bonds. The lowest BCUT2D eigenvalue weighted by Crippen LogP contribution is -2.41. The van der Waals surface area contributed by atoms with Crippen LogP contribution in [0.2, 0.25) is 0 Å². The van der Waals surface area contributed by atoms with E-state index < -0.39 is 12.2 Å². The summed E-state index contributed by atoms with van der Waals surface area (Å²) in [6.07, 6.45) is -1.47. The first-order valence-corrected chi connectivity index (χ1v) is 12.8. The molecule has 0 radical (unpaired) electrons. The van der Waals surface area contributed by atoms with Gasteiger partial charge < -0.3 is 30.5 Å². The van der Waals surface area contributed by atoms with Crippen molar-refractivity contribution in [3.8, 4) is 11.5 Å². The summed E-state index contributed by atoms with van der Waals surface area (Å²) in [5.41, 5.74) is 11.0. The number of hydrogen-bond acceptors (Lipinski definition) is 8. The molecular weight excluding hydrogens is 585 g/mol. The van der Waals surface area contributed by atoms with Crippen LogP contribution in [0.15, 0.2) is 57.9 Å². The van der Waals surface area contributed by atoms with Crippen LogP contribution in [-0.2, 0) is 5.41 Å². The highest BCUT2D eigenvalue weighted by molar-refractivity contribution is 14.1. The van der Waals surface area contributed by atoms with Gasteiger partial charge in [0, 0.05) is 12.5 Å². The Morgan fingerprint density at radius 1 is 1.00 bits per heavy atom. The molecule has 10 heteroatoms. The van der Waals surface area contributed by atoms with Crippen LogP contribution in [0, 0.1) is 0 Å². The molecule has 0 spiro atoms. The summed E-state index contributed by atoms with van der Waals surface area (Å²) < 4.78 is 11.9. The Hall–Kier alpha value is -1.76. The van der Waals surface area contributed by atoms with Crippen molar-refractivity contribution in [3.05, 3.63) is 69.1 Å². The van der Waals surface area contributed by atoms with Crippen LogP contribution in [-0.4, -0.2) is 71.8 Å². The number of alkyl halides is 1. The fourth-order valence-electron chi connectivity index (χ4n) is 3.30. The van der Waals surface area contributed by atoms with Crippen LogP contribution in [0.4, 0.5) is 0 Å². The van der Waals surface area contributed by atoms with Gasteiger partial charge in [0.2, 0.25) is 0 Å². The third-order valence-corrected chi connectivity index (χ3v) is 7.18. The van der Waals surface area contributed by atoms with Gasteiger partial charge in [0.25, 0.3) is 0 Å². The Morgan fingerprint density at radius 2 is 1.46 bits per heavy atom. The lowest BCUT2D eigenvalue weighted by molar-refractivity contribution is 0.0701. The van der Waals surface area contributed by atoms with Crippen LogP contribution in [0.5, 0.6) is 11.5 Å². The van der Waals surface area contributed by atoms with Crippen LogP contribution >= 0.6 is 34.2 Å². The molecule has 2 atom stereocenters. The number of halogens is 2. The SMILES string of the molecule is CNN(C[C@H](O)COc1ccc(C(C)(C)c2ccc(OC[C@H](O)CCl)cc2)cc1)/C(I)=C(\N)CO. The number of nitrogens with two attached hydrogens (primary N) is 1. The topological polar surface area (TPSA) is 120 Å². The number of aliphatic hydroxyl groups excluding tert-OH is 3. The first-order valence-electron chi connectivity index (χ1n) is 11.2. The molecule has 0 heterocycles. The highest BCUT2D eigenvalue weighted by Crippen LogP contribution is 2.33. The fourth-order valence-corrected chi connectivity index (χ4v) is 4.00. The molecule has 194 valence electrons. The maximum absolute atomic E-state index is 10.4. The normalized spacial score (nSPS) is 14.2. The monoisotopic (exact) mass is 619 g/mol. The van der Waals surface area contributed by atoms with E-state index in [0.717, 1.165) is 11.1 Å². The van der Waals surface area contributed by atoms with E-state index in [1.165, 1.54) is 0 Å². The van der Waals surface area contributed by atoms with E-state index in [9.17, 15) is 15.3 Å². The van der Waals surface area contributed by atoms with Gasteiger partial charge in [-0.1, -0.05) is 38.1 Å². The van der Waals surface area contributed by atoms with Crippen molar-refractivity contribution in [1.82, 2.24) is 10.4 Å². The highest BCUT2D eigenvalue weighted by Gasteiger charge is 2.23. The van der Waals surface area contributed by atoms with E-state index in [1.54, 1.807) is 12.1 Å². The van der Waals surface area contributed by atoms with E-state index in [4.69, 9.17) is 26.8 Å². The second-order valence-corrected chi connectivity index (χ2v) is 9.90. The molecule has 2 aromatic rings. The molecule has 2 rings (SSSR count). The summed E-state index contributed by atoms with van der Waals surface area (Å²) >= 11 is 7.61. The van der Waals surface area contributed by atoms with E-state index in [-0.39, 0.29) is 37.7 Å². The molecule has 0 aliphatic carbocycles. The molecule has 0 aliphatic rings. The zero-order chi connectivity index (χ0) is 26.0. The maximum atomic E-state index is 10.4. The van der Waals surface area contributed by atoms with E-state index in [2.05, 4.69) is 19.3 Å². The third-order valence-electron chi connectivity index (χ3n) is 5.55. The van der Waals surface area contributed by atoms with Gasteiger partial charge in [-0.2, -0.15) is 0 Å².